The van der Waals surface area contributed by atoms with Gasteiger partial charge in [-0.3, -0.25) is 4.90 Å². The van der Waals surface area contributed by atoms with Crippen LogP contribution in [0, 0.1) is 5.92 Å². The van der Waals surface area contributed by atoms with Gasteiger partial charge in [-0.05, 0) is 32.0 Å². The molecule has 18 heavy (non-hydrogen) atoms. The topological polar surface area (TPSA) is 59.5 Å². The van der Waals surface area contributed by atoms with Gasteiger partial charge in [0.1, 0.15) is 0 Å². The monoisotopic (exact) mass is 264 g/mol. The molecule has 0 aliphatic carbocycles. The molecule has 3 rings (SSSR count). The Bertz CT molecular complexity index is 619. The van der Waals surface area contributed by atoms with Gasteiger partial charge in [-0.25, -0.2) is 4.79 Å². The summed E-state index contributed by atoms with van der Waals surface area (Å²) >= 11 is 1.17. The third kappa shape index (κ3) is 1.88. The van der Waals surface area contributed by atoms with Crippen LogP contribution in [0.3, 0.4) is 0 Å². The van der Waals surface area contributed by atoms with Crippen LogP contribution in [-0.2, 0) is 0 Å². The second-order valence-electron chi connectivity index (χ2n) is 4.92. The highest BCUT2D eigenvalue weighted by atomic mass is 32.1. The van der Waals surface area contributed by atoms with Crippen LogP contribution in [0.25, 0.3) is 10.3 Å². The Hall–Kier alpha value is -1.17. The second-order valence-corrected chi connectivity index (χ2v) is 5.90. The van der Waals surface area contributed by atoms with Crippen LogP contribution < -0.4 is 10.7 Å². The van der Waals surface area contributed by atoms with Gasteiger partial charge in [0.05, 0.1) is 4.70 Å². The van der Waals surface area contributed by atoms with Crippen LogP contribution >= 0.6 is 11.3 Å². The molecule has 1 aliphatic heterocycles. The highest BCUT2D eigenvalue weighted by Crippen LogP contribution is 2.37. The molecule has 0 saturated carbocycles. The maximum atomic E-state index is 11.4. The number of nitrogens with zero attached hydrogens (tertiary/aromatic N) is 1. The molecule has 2 atom stereocenters. The Balaban J connectivity index is 2.06. The maximum absolute atomic E-state index is 11.4. The molecule has 2 N–H and O–H groups in total. The summed E-state index contributed by atoms with van der Waals surface area (Å²) in [5, 5.41) is 0. The van der Waals surface area contributed by atoms with Gasteiger partial charge < -0.3 is 10.2 Å². The average Bonchev–Trinajstić information content (AvgIpc) is 2.90. The van der Waals surface area contributed by atoms with Gasteiger partial charge in [0.15, 0.2) is 5.58 Å². The Kier molecular flexibility index (Phi) is 2.97. The molecule has 2 heterocycles. The van der Waals surface area contributed by atoms with E-state index >= 15 is 0 Å². The van der Waals surface area contributed by atoms with Crippen LogP contribution in [0.4, 0.5) is 0 Å². The van der Waals surface area contributed by atoms with E-state index in [-0.39, 0.29) is 4.94 Å². The fourth-order valence-electron chi connectivity index (χ4n) is 2.82. The number of para-hydroxylation sites is 1. The fourth-order valence-corrected chi connectivity index (χ4v) is 3.52. The number of rotatable bonds is 2. The lowest BCUT2D eigenvalue weighted by molar-refractivity contribution is 0.313. The third-order valence-electron chi connectivity index (χ3n) is 3.72. The van der Waals surface area contributed by atoms with Crippen molar-refractivity contribution in [2.75, 3.05) is 20.1 Å². The number of likely N-dealkylation sites (tertiary alicyclic amines) is 1. The standard InChI is InChI=1S/C13H16N2O2S/c1-15-7-8(6-14)5-10(15)9-3-2-4-11-12(9)17-13(16)18-11/h2-4,8,10H,5-7,14H2,1H3. The first kappa shape index (κ1) is 11.9. The first-order valence-corrected chi connectivity index (χ1v) is 6.93. The summed E-state index contributed by atoms with van der Waals surface area (Å²) in [6.45, 7) is 1.72. The highest BCUT2D eigenvalue weighted by molar-refractivity contribution is 7.16. The number of fused-ring (bicyclic) bond motifs is 1. The van der Waals surface area contributed by atoms with Crippen LogP contribution in [0.15, 0.2) is 27.4 Å². The summed E-state index contributed by atoms with van der Waals surface area (Å²) in [7, 11) is 2.10. The molecule has 1 saturated heterocycles. The molecule has 0 radical (unpaired) electrons. The molecule has 1 aromatic carbocycles. The number of benzene rings is 1. The summed E-state index contributed by atoms with van der Waals surface area (Å²) in [6, 6.07) is 6.29. The average molecular weight is 264 g/mol. The van der Waals surface area contributed by atoms with Crippen molar-refractivity contribution in [1.82, 2.24) is 4.90 Å². The van der Waals surface area contributed by atoms with Gasteiger partial charge in [0.2, 0.25) is 0 Å². The number of hydrogen-bond donors (Lipinski definition) is 1. The molecule has 1 fully saturated rings. The minimum Gasteiger partial charge on any atom is -0.414 e. The molecule has 0 spiro atoms. The van der Waals surface area contributed by atoms with E-state index in [2.05, 4.69) is 18.0 Å². The number of nitrogens with two attached hydrogens (primary N) is 1. The zero-order valence-corrected chi connectivity index (χ0v) is 11.1. The van der Waals surface area contributed by atoms with Crippen LogP contribution in [0.1, 0.15) is 18.0 Å². The molecule has 0 bridgehead atoms. The molecule has 1 aliphatic rings. The first-order valence-electron chi connectivity index (χ1n) is 6.12. The van der Waals surface area contributed by atoms with E-state index in [1.54, 1.807) is 0 Å². The lowest BCUT2D eigenvalue weighted by Gasteiger charge is -2.19. The van der Waals surface area contributed by atoms with Crippen LogP contribution in [0.2, 0.25) is 0 Å². The van der Waals surface area contributed by atoms with E-state index in [0.29, 0.717) is 18.5 Å². The zero-order valence-electron chi connectivity index (χ0n) is 10.3. The van der Waals surface area contributed by atoms with E-state index in [1.165, 1.54) is 11.3 Å². The second kappa shape index (κ2) is 4.50. The van der Waals surface area contributed by atoms with Gasteiger partial charge in [-0.15, -0.1) is 0 Å². The maximum Gasteiger partial charge on any atom is 0.396 e. The van der Waals surface area contributed by atoms with Crippen molar-refractivity contribution in [2.24, 2.45) is 11.7 Å². The van der Waals surface area contributed by atoms with E-state index in [0.717, 1.165) is 28.8 Å². The predicted octanol–water partition coefficient (Wildman–Crippen LogP) is 1.81. The van der Waals surface area contributed by atoms with Crippen molar-refractivity contribution in [3.05, 3.63) is 33.5 Å². The Labute approximate surface area is 109 Å². The molecule has 96 valence electrons. The largest absolute Gasteiger partial charge is 0.414 e. The molecule has 1 aromatic heterocycles. The minimum atomic E-state index is -0.228. The SMILES string of the molecule is CN1CC(CN)CC1c1cccc2sc(=O)oc12. The first-order chi connectivity index (χ1) is 8.69. The molecule has 0 amide bonds. The lowest BCUT2D eigenvalue weighted by atomic mass is 9.99. The molecule has 2 aromatic rings. The Morgan fingerprint density at radius 3 is 3.11 bits per heavy atom. The molecule has 4 nitrogen and oxygen atoms in total. The molecule has 5 heteroatoms. The smallest absolute Gasteiger partial charge is 0.396 e. The molecular weight excluding hydrogens is 248 g/mol. The normalized spacial score (nSPS) is 25.0. The summed E-state index contributed by atoms with van der Waals surface area (Å²) in [6.07, 6.45) is 1.03. The quantitative estimate of drug-likeness (QED) is 0.898. The van der Waals surface area contributed by atoms with E-state index in [9.17, 15) is 4.79 Å². The molecular formula is C13H16N2O2S. The zero-order chi connectivity index (χ0) is 12.7. The highest BCUT2D eigenvalue weighted by Gasteiger charge is 2.31. The third-order valence-corrected chi connectivity index (χ3v) is 4.51. The van der Waals surface area contributed by atoms with Crippen LogP contribution in [-0.4, -0.2) is 25.0 Å². The van der Waals surface area contributed by atoms with Gasteiger partial charge >= 0.3 is 4.94 Å². The minimum absolute atomic E-state index is 0.228. The van der Waals surface area contributed by atoms with Crippen molar-refractivity contribution in [3.8, 4) is 0 Å². The summed E-state index contributed by atoms with van der Waals surface area (Å²) in [4.78, 5) is 13.4. The van der Waals surface area contributed by atoms with Gasteiger partial charge in [-0.2, -0.15) is 0 Å². The van der Waals surface area contributed by atoms with Gasteiger partial charge in [0.25, 0.3) is 0 Å². The predicted molar refractivity (Wildman–Crippen MR) is 72.9 cm³/mol. The van der Waals surface area contributed by atoms with Crippen molar-refractivity contribution < 1.29 is 4.42 Å². The van der Waals surface area contributed by atoms with Crippen molar-refractivity contribution in [2.45, 2.75) is 12.5 Å². The summed E-state index contributed by atoms with van der Waals surface area (Å²) in [5.74, 6) is 0.528. The summed E-state index contributed by atoms with van der Waals surface area (Å²) in [5.41, 5.74) is 7.62. The lowest BCUT2D eigenvalue weighted by Crippen LogP contribution is -2.20. The summed E-state index contributed by atoms with van der Waals surface area (Å²) < 4.78 is 6.27. The molecule has 2 unspecified atom stereocenters. The van der Waals surface area contributed by atoms with E-state index in [1.807, 2.05) is 12.1 Å². The number of hydrogen-bond acceptors (Lipinski definition) is 5. The van der Waals surface area contributed by atoms with Gasteiger partial charge in [-0.1, -0.05) is 23.5 Å². The van der Waals surface area contributed by atoms with Gasteiger partial charge in [0, 0.05) is 18.2 Å². The Morgan fingerprint density at radius 1 is 1.56 bits per heavy atom. The van der Waals surface area contributed by atoms with Crippen molar-refractivity contribution >= 4 is 21.6 Å². The van der Waals surface area contributed by atoms with E-state index in [4.69, 9.17) is 10.2 Å². The Morgan fingerprint density at radius 2 is 2.39 bits per heavy atom. The van der Waals surface area contributed by atoms with Crippen molar-refractivity contribution in [3.63, 3.8) is 0 Å². The van der Waals surface area contributed by atoms with Crippen LogP contribution in [0.5, 0.6) is 0 Å². The fraction of sp³-hybridized carbons (Fsp3) is 0.462. The van der Waals surface area contributed by atoms with Crippen molar-refractivity contribution in [1.29, 1.82) is 0 Å². The van der Waals surface area contributed by atoms with E-state index < -0.39 is 0 Å².